The zero-order valence-electron chi connectivity index (χ0n) is 10.9. The van der Waals surface area contributed by atoms with Gasteiger partial charge < -0.3 is 8.85 Å². The highest BCUT2D eigenvalue weighted by Gasteiger charge is 2.33. The first-order chi connectivity index (χ1) is 7.25. The molecule has 0 bridgehead atoms. The molecule has 0 aromatic heterocycles. The Bertz CT molecular complexity index is 209. The molecule has 96 valence electrons. The van der Waals surface area contributed by atoms with E-state index >= 15 is 0 Å². The third kappa shape index (κ3) is 8.33. The van der Waals surface area contributed by atoms with Gasteiger partial charge in [-0.05, 0) is 46.7 Å². The lowest BCUT2D eigenvalue weighted by molar-refractivity contribution is -0.110. The number of carbonyl (C=O) groups is 1. The minimum absolute atomic E-state index is 0.0644. The smallest absolute Gasteiger partial charge is 0.335 e. The maximum absolute atomic E-state index is 10.8. The van der Waals surface area contributed by atoms with Crippen LogP contribution < -0.4 is 0 Å². The van der Waals surface area contributed by atoms with Gasteiger partial charge in [0.05, 0.1) is 0 Å². The average Bonchev–Trinajstić information content (AvgIpc) is 1.98. The van der Waals surface area contributed by atoms with Crippen molar-refractivity contribution in [1.29, 1.82) is 0 Å². The van der Waals surface area contributed by atoms with Crippen LogP contribution in [-0.2, 0) is 13.6 Å². The van der Waals surface area contributed by atoms with Gasteiger partial charge in [-0.3, -0.25) is 4.79 Å². The highest BCUT2D eigenvalue weighted by atomic mass is 32.1. The lowest BCUT2D eigenvalue weighted by Crippen LogP contribution is -2.42. The minimum Gasteiger partial charge on any atom is -0.392 e. The van der Waals surface area contributed by atoms with Gasteiger partial charge in [0, 0.05) is 18.6 Å². The fraction of sp³-hybridized carbons (Fsp3) is 0.909. The van der Waals surface area contributed by atoms with E-state index in [9.17, 15) is 4.79 Å². The first-order valence-corrected chi connectivity index (χ1v) is 8.79. The summed E-state index contributed by atoms with van der Waals surface area (Å²) in [4.78, 5) is 10.8. The van der Waals surface area contributed by atoms with Crippen LogP contribution in [0.15, 0.2) is 0 Å². The Morgan fingerprint density at radius 1 is 1.19 bits per heavy atom. The van der Waals surface area contributed by atoms with Crippen LogP contribution in [0.5, 0.6) is 0 Å². The molecule has 0 rings (SSSR count). The summed E-state index contributed by atoms with van der Waals surface area (Å²) in [6.07, 6.45) is 1.63. The molecule has 0 radical (unpaired) electrons. The van der Waals surface area contributed by atoms with E-state index in [4.69, 9.17) is 8.85 Å². The van der Waals surface area contributed by atoms with Crippen LogP contribution >= 0.6 is 12.6 Å². The Morgan fingerprint density at radius 3 is 1.94 bits per heavy atom. The molecule has 0 unspecified atom stereocenters. The Balaban J connectivity index is 4.23. The van der Waals surface area contributed by atoms with Crippen LogP contribution in [0.25, 0.3) is 0 Å². The predicted molar refractivity (Wildman–Crippen MR) is 72.1 cm³/mol. The van der Waals surface area contributed by atoms with Crippen molar-refractivity contribution < 1.29 is 13.6 Å². The van der Waals surface area contributed by atoms with Crippen LogP contribution in [0.3, 0.4) is 0 Å². The van der Waals surface area contributed by atoms with Crippen molar-refractivity contribution in [2.24, 2.45) is 0 Å². The number of carbonyl (C=O) groups excluding carboxylic acids is 1. The summed E-state index contributed by atoms with van der Waals surface area (Å²) in [7, 11) is -2.13. The van der Waals surface area contributed by atoms with Crippen molar-refractivity contribution >= 4 is 26.3 Å². The van der Waals surface area contributed by atoms with Crippen LogP contribution in [-0.4, -0.2) is 25.9 Å². The Morgan fingerprint density at radius 2 is 1.62 bits per heavy atom. The van der Waals surface area contributed by atoms with Gasteiger partial charge in [-0.25, -0.2) is 0 Å². The van der Waals surface area contributed by atoms with E-state index in [1.807, 2.05) is 27.7 Å². The topological polar surface area (TPSA) is 35.5 Å². The molecule has 0 saturated carbocycles. The van der Waals surface area contributed by atoms with E-state index in [-0.39, 0.29) is 17.3 Å². The number of hydrogen-bond acceptors (Lipinski definition) is 3. The Kier molecular flexibility index (Phi) is 7.55. The van der Waals surface area contributed by atoms with Gasteiger partial charge in [0.25, 0.3) is 0 Å². The summed E-state index contributed by atoms with van der Waals surface area (Å²) in [5, 5.41) is -0.0644. The molecule has 16 heavy (non-hydrogen) atoms. The van der Waals surface area contributed by atoms with Crippen LogP contribution in [0.4, 0.5) is 0 Å². The van der Waals surface area contributed by atoms with Gasteiger partial charge in [-0.2, -0.15) is 0 Å². The number of rotatable bonds is 8. The molecule has 0 aromatic carbocycles. The first-order valence-electron chi connectivity index (χ1n) is 5.82. The normalized spacial score (nSPS) is 12.5. The lowest BCUT2D eigenvalue weighted by atomic mass is 10.4. The van der Waals surface area contributed by atoms with Crippen molar-refractivity contribution in [1.82, 2.24) is 0 Å². The second-order valence-corrected chi connectivity index (χ2v) is 8.45. The summed E-state index contributed by atoms with van der Waals surface area (Å²) in [6, 6.07) is 0.843. The fourth-order valence-corrected chi connectivity index (χ4v) is 4.97. The minimum atomic E-state index is -2.13. The molecule has 0 aromatic rings. The monoisotopic (exact) mass is 264 g/mol. The maximum atomic E-state index is 10.8. The molecule has 0 aliphatic heterocycles. The molecule has 0 amide bonds. The van der Waals surface area contributed by atoms with Crippen molar-refractivity contribution in [3.8, 4) is 0 Å². The predicted octanol–water partition coefficient (Wildman–Crippen LogP) is 3.15. The van der Waals surface area contributed by atoms with Crippen LogP contribution in [0.1, 0.15) is 40.5 Å². The van der Waals surface area contributed by atoms with E-state index in [1.165, 1.54) is 0 Å². The zero-order chi connectivity index (χ0) is 12.8. The second-order valence-electron chi connectivity index (χ2n) is 4.71. The highest BCUT2D eigenvalue weighted by Crippen LogP contribution is 2.21. The summed E-state index contributed by atoms with van der Waals surface area (Å²) in [5.74, 6) is 0. The van der Waals surface area contributed by atoms with Gasteiger partial charge in [-0.1, -0.05) is 0 Å². The van der Waals surface area contributed by atoms with E-state index in [1.54, 1.807) is 0 Å². The van der Waals surface area contributed by atoms with E-state index in [0.717, 1.165) is 12.5 Å². The number of hydrogen-bond donors (Lipinski definition) is 1. The number of thiol groups is 1. The maximum Gasteiger partial charge on any atom is 0.335 e. The van der Waals surface area contributed by atoms with Crippen LogP contribution in [0.2, 0.25) is 12.6 Å². The first kappa shape index (κ1) is 16.2. The van der Waals surface area contributed by atoms with Gasteiger partial charge >= 0.3 is 8.56 Å². The second kappa shape index (κ2) is 7.48. The van der Waals surface area contributed by atoms with Crippen molar-refractivity contribution in [2.75, 3.05) is 0 Å². The van der Waals surface area contributed by atoms with Gasteiger partial charge in [-0.15, -0.1) is 12.6 Å². The third-order valence-corrected chi connectivity index (χ3v) is 5.42. The molecule has 0 spiro atoms. The average molecular weight is 264 g/mol. The molecule has 0 aliphatic carbocycles. The molecule has 0 aliphatic rings. The summed E-state index contributed by atoms with van der Waals surface area (Å²) >= 11 is 3.76. The quantitative estimate of drug-likeness (QED) is 0.540. The molecule has 0 fully saturated rings. The van der Waals surface area contributed by atoms with Crippen molar-refractivity contribution in [3.05, 3.63) is 0 Å². The Hall–Kier alpha value is 0.157. The van der Waals surface area contributed by atoms with E-state index < -0.39 is 8.56 Å². The molecule has 0 saturated heterocycles. The fourth-order valence-electron chi connectivity index (χ4n) is 1.70. The standard InChI is InChI=1S/C11H24O3SSi/c1-9(2)13-16(5,14-10(3)4)8-6-7-11(12)15/h9-10H,6-8H2,1-5H3,(H,12,15). The van der Waals surface area contributed by atoms with E-state index in [2.05, 4.69) is 19.2 Å². The molecular weight excluding hydrogens is 240 g/mol. The van der Waals surface area contributed by atoms with Crippen molar-refractivity contribution in [3.63, 3.8) is 0 Å². The Labute approximate surface area is 106 Å². The highest BCUT2D eigenvalue weighted by molar-refractivity contribution is 7.96. The van der Waals surface area contributed by atoms with Crippen LogP contribution in [0, 0.1) is 0 Å². The molecule has 0 atom stereocenters. The zero-order valence-corrected chi connectivity index (χ0v) is 12.8. The molecular formula is C11H24O3SSi. The lowest BCUT2D eigenvalue weighted by Gasteiger charge is -2.31. The molecule has 0 N–H and O–H groups in total. The molecule has 5 heteroatoms. The molecule has 3 nitrogen and oxygen atoms in total. The summed E-state index contributed by atoms with van der Waals surface area (Å²) in [5.41, 5.74) is 0. The largest absolute Gasteiger partial charge is 0.392 e. The van der Waals surface area contributed by atoms with Gasteiger partial charge in [0.15, 0.2) is 5.12 Å². The third-order valence-electron chi connectivity index (χ3n) is 1.99. The van der Waals surface area contributed by atoms with Gasteiger partial charge in [0.2, 0.25) is 0 Å². The SMILES string of the molecule is CC(C)O[Si](C)(CCCC(=O)S)OC(C)C. The summed E-state index contributed by atoms with van der Waals surface area (Å²) in [6.45, 7) is 10.1. The molecule has 0 heterocycles. The van der Waals surface area contributed by atoms with E-state index in [0.29, 0.717) is 6.42 Å². The van der Waals surface area contributed by atoms with Gasteiger partial charge in [0.1, 0.15) is 0 Å². The summed E-state index contributed by atoms with van der Waals surface area (Å²) < 4.78 is 11.8. The van der Waals surface area contributed by atoms with Crippen molar-refractivity contribution in [2.45, 2.75) is 65.3 Å².